The molecular formula is C18H35IN4S2. The molecular weight excluding hydrogens is 463 g/mol. The number of hydrogen-bond donors (Lipinski definition) is 2. The van der Waals surface area contributed by atoms with E-state index in [2.05, 4.69) is 46.0 Å². The number of guanidine groups is 1. The van der Waals surface area contributed by atoms with Crippen molar-refractivity contribution in [3.63, 3.8) is 0 Å². The standard InChI is InChI=1S/C18H34N4S2.HI/c1-2-19-17(20-14-16-6-5-11-24-16)21-15-18(7-3-4-8-18)22-9-12-23-13-10-22;/h16H,2-15H2,1H3,(H2,19,20,21);1H. The van der Waals surface area contributed by atoms with E-state index in [9.17, 15) is 0 Å². The quantitative estimate of drug-likeness (QED) is 0.334. The molecule has 0 aromatic rings. The predicted octanol–water partition coefficient (Wildman–Crippen LogP) is 3.42. The molecule has 4 nitrogen and oxygen atoms in total. The highest BCUT2D eigenvalue weighted by atomic mass is 127. The summed E-state index contributed by atoms with van der Waals surface area (Å²) in [7, 11) is 0. The first-order valence-corrected chi connectivity index (χ1v) is 12.0. The van der Waals surface area contributed by atoms with Gasteiger partial charge in [0.1, 0.15) is 0 Å². The van der Waals surface area contributed by atoms with Crippen molar-refractivity contribution in [1.29, 1.82) is 0 Å². The zero-order valence-corrected chi connectivity index (χ0v) is 19.6. The molecule has 2 aliphatic heterocycles. The van der Waals surface area contributed by atoms with Crippen LogP contribution in [0.3, 0.4) is 0 Å². The summed E-state index contributed by atoms with van der Waals surface area (Å²) in [6.45, 7) is 7.63. The molecule has 2 N–H and O–H groups in total. The van der Waals surface area contributed by atoms with Crippen LogP contribution in [0.25, 0.3) is 0 Å². The molecule has 0 radical (unpaired) electrons. The molecule has 0 spiro atoms. The summed E-state index contributed by atoms with van der Waals surface area (Å²) in [6.07, 6.45) is 8.15. The Kier molecular flexibility index (Phi) is 10.1. The van der Waals surface area contributed by atoms with Crippen molar-refractivity contribution in [2.75, 3.05) is 50.0 Å². The number of aliphatic imine (C=N–C) groups is 1. The van der Waals surface area contributed by atoms with Crippen molar-refractivity contribution < 1.29 is 0 Å². The second kappa shape index (κ2) is 11.5. The Hall–Kier alpha value is 0.660. The molecule has 3 rings (SSSR count). The Morgan fingerprint density at radius 3 is 2.52 bits per heavy atom. The zero-order chi connectivity index (χ0) is 16.7. The summed E-state index contributed by atoms with van der Waals surface area (Å²) in [5.74, 6) is 4.95. The molecule has 7 heteroatoms. The molecule has 1 atom stereocenters. The van der Waals surface area contributed by atoms with E-state index in [0.717, 1.165) is 30.8 Å². The summed E-state index contributed by atoms with van der Waals surface area (Å²) in [5.41, 5.74) is 0.339. The summed E-state index contributed by atoms with van der Waals surface area (Å²) in [5, 5.41) is 7.83. The maximum atomic E-state index is 5.04. The molecule has 0 bridgehead atoms. The van der Waals surface area contributed by atoms with Crippen molar-refractivity contribution in [3.8, 4) is 0 Å². The van der Waals surface area contributed by atoms with Gasteiger partial charge in [0.25, 0.3) is 0 Å². The number of halogens is 1. The number of nitrogens with one attached hydrogen (secondary N) is 2. The number of hydrogen-bond acceptors (Lipinski definition) is 4. The Labute approximate surface area is 179 Å². The van der Waals surface area contributed by atoms with Crippen LogP contribution in [0, 0.1) is 0 Å². The predicted molar refractivity (Wildman–Crippen MR) is 125 cm³/mol. The zero-order valence-electron chi connectivity index (χ0n) is 15.6. The van der Waals surface area contributed by atoms with Gasteiger partial charge in [-0.15, -0.1) is 24.0 Å². The summed E-state index contributed by atoms with van der Waals surface area (Å²) < 4.78 is 0. The van der Waals surface area contributed by atoms with E-state index in [0.29, 0.717) is 5.54 Å². The molecule has 0 aromatic heterocycles. The molecule has 1 aliphatic carbocycles. The van der Waals surface area contributed by atoms with Gasteiger partial charge in [-0.2, -0.15) is 23.5 Å². The van der Waals surface area contributed by atoms with E-state index in [1.165, 1.54) is 68.9 Å². The third-order valence-electron chi connectivity index (χ3n) is 5.61. The first-order chi connectivity index (χ1) is 11.8. The van der Waals surface area contributed by atoms with Crippen LogP contribution in [0.2, 0.25) is 0 Å². The molecule has 0 amide bonds. The van der Waals surface area contributed by atoms with Gasteiger partial charge in [0.15, 0.2) is 5.96 Å². The highest BCUT2D eigenvalue weighted by molar-refractivity contribution is 14.0. The average molecular weight is 499 g/mol. The van der Waals surface area contributed by atoms with Gasteiger partial charge in [0.05, 0.1) is 6.54 Å². The van der Waals surface area contributed by atoms with Gasteiger partial charge in [-0.25, -0.2) is 0 Å². The van der Waals surface area contributed by atoms with Crippen LogP contribution in [-0.2, 0) is 0 Å². The van der Waals surface area contributed by atoms with Crippen LogP contribution in [0.4, 0.5) is 0 Å². The lowest BCUT2D eigenvalue weighted by molar-refractivity contribution is 0.112. The lowest BCUT2D eigenvalue weighted by atomic mass is 9.95. The number of thioether (sulfide) groups is 2. The highest BCUT2D eigenvalue weighted by Gasteiger charge is 2.39. The monoisotopic (exact) mass is 498 g/mol. The van der Waals surface area contributed by atoms with E-state index in [4.69, 9.17) is 4.99 Å². The molecule has 1 saturated carbocycles. The fraction of sp³-hybridized carbons (Fsp3) is 0.944. The van der Waals surface area contributed by atoms with Crippen LogP contribution in [-0.4, -0.2) is 71.6 Å². The van der Waals surface area contributed by atoms with Gasteiger partial charge < -0.3 is 10.6 Å². The largest absolute Gasteiger partial charge is 0.357 e. The minimum Gasteiger partial charge on any atom is -0.357 e. The van der Waals surface area contributed by atoms with Gasteiger partial charge in [-0.1, -0.05) is 12.8 Å². The lowest BCUT2D eigenvalue weighted by Crippen LogP contribution is -2.53. The van der Waals surface area contributed by atoms with Crippen molar-refractivity contribution in [2.45, 2.75) is 56.2 Å². The van der Waals surface area contributed by atoms with Crippen LogP contribution >= 0.6 is 47.5 Å². The maximum absolute atomic E-state index is 5.04. The smallest absolute Gasteiger partial charge is 0.191 e. The SMILES string of the molecule is CCNC(=NCC1(N2CCSCC2)CCCC1)NCC1CCCS1.I. The van der Waals surface area contributed by atoms with Gasteiger partial charge in [-0.3, -0.25) is 9.89 Å². The van der Waals surface area contributed by atoms with Crippen LogP contribution < -0.4 is 10.6 Å². The third kappa shape index (κ3) is 6.35. The Morgan fingerprint density at radius 1 is 1.12 bits per heavy atom. The van der Waals surface area contributed by atoms with E-state index in [1.807, 2.05) is 0 Å². The maximum Gasteiger partial charge on any atom is 0.191 e. The average Bonchev–Trinajstić information content (AvgIpc) is 3.31. The van der Waals surface area contributed by atoms with E-state index in [-0.39, 0.29) is 24.0 Å². The first kappa shape index (κ1) is 22.0. The third-order valence-corrected chi connectivity index (χ3v) is 7.95. The topological polar surface area (TPSA) is 39.7 Å². The molecule has 3 fully saturated rings. The normalized spacial score (nSPS) is 27.1. The van der Waals surface area contributed by atoms with E-state index < -0.39 is 0 Å². The molecule has 3 aliphatic rings. The molecule has 25 heavy (non-hydrogen) atoms. The van der Waals surface area contributed by atoms with Crippen molar-refractivity contribution in [1.82, 2.24) is 15.5 Å². The van der Waals surface area contributed by atoms with Gasteiger partial charge in [0.2, 0.25) is 0 Å². The van der Waals surface area contributed by atoms with Crippen molar-refractivity contribution in [2.24, 2.45) is 4.99 Å². The van der Waals surface area contributed by atoms with Crippen molar-refractivity contribution in [3.05, 3.63) is 0 Å². The van der Waals surface area contributed by atoms with Gasteiger partial charge >= 0.3 is 0 Å². The Morgan fingerprint density at radius 2 is 1.88 bits per heavy atom. The molecule has 1 unspecified atom stereocenters. The lowest BCUT2D eigenvalue weighted by Gasteiger charge is -2.42. The molecule has 0 aromatic carbocycles. The Bertz CT molecular complexity index is 404. The number of nitrogens with zero attached hydrogens (tertiary/aromatic N) is 2. The molecule has 2 saturated heterocycles. The highest BCUT2D eigenvalue weighted by Crippen LogP contribution is 2.37. The summed E-state index contributed by atoms with van der Waals surface area (Å²) in [6, 6.07) is 0. The van der Waals surface area contributed by atoms with Crippen LogP contribution in [0.1, 0.15) is 45.4 Å². The minimum absolute atomic E-state index is 0. The van der Waals surface area contributed by atoms with Crippen LogP contribution in [0.15, 0.2) is 4.99 Å². The van der Waals surface area contributed by atoms with Crippen LogP contribution in [0.5, 0.6) is 0 Å². The second-order valence-electron chi connectivity index (χ2n) is 7.24. The first-order valence-electron chi connectivity index (χ1n) is 9.79. The fourth-order valence-corrected chi connectivity index (χ4v) is 6.33. The molecule has 2 heterocycles. The molecule has 146 valence electrons. The van der Waals surface area contributed by atoms with Gasteiger partial charge in [0, 0.05) is 48.5 Å². The number of rotatable bonds is 6. The summed E-state index contributed by atoms with van der Waals surface area (Å²) >= 11 is 4.22. The van der Waals surface area contributed by atoms with E-state index >= 15 is 0 Å². The summed E-state index contributed by atoms with van der Waals surface area (Å²) in [4.78, 5) is 7.80. The van der Waals surface area contributed by atoms with Crippen molar-refractivity contribution >= 4 is 53.5 Å². The Balaban J connectivity index is 0.00000225. The minimum atomic E-state index is 0. The fourth-order valence-electron chi connectivity index (χ4n) is 4.23. The van der Waals surface area contributed by atoms with E-state index in [1.54, 1.807) is 0 Å². The second-order valence-corrected chi connectivity index (χ2v) is 9.87. The van der Waals surface area contributed by atoms with Gasteiger partial charge in [-0.05, 0) is 38.4 Å².